The summed E-state index contributed by atoms with van der Waals surface area (Å²) in [6, 6.07) is 1.51. The van der Waals surface area contributed by atoms with Crippen molar-refractivity contribution in [2.24, 2.45) is 11.7 Å². The minimum atomic E-state index is -0.217. The number of aryl methyl sites for hydroxylation is 1. The normalized spacial score (nSPS) is 22.5. The summed E-state index contributed by atoms with van der Waals surface area (Å²) in [7, 11) is 1.59. The topological polar surface area (TPSA) is 65.5 Å². The molecule has 4 nitrogen and oxygen atoms in total. The Morgan fingerprint density at radius 3 is 3.27 bits per heavy atom. The van der Waals surface area contributed by atoms with E-state index in [4.69, 9.17) is 14.9 Å². The van der Waals surface area contributed by atoms with Gasteiger partial charge in [0.15, 0.2) is 5.78 Å². The minimum Gasteiger partial charge on any atom is -0.469 e. The zero-order chi connectivity index (χ0) is 10.8. The van der Waals surface area contributed by atoms with Crippen LogP contribution in [0.2, 0.25) is 0 Å². The number of methoxy groups -OCH3 is 1. The van der Waals surface area contributed by atoms with Gasteiger partial charge in [-0.25, -0.2) is 0 Å². The summed E-state index contributed by atoms with van der Waals surface area (Å²) >= 11 is 0. The number of ether oxygens (including phenoxy) is 1. The summed E-state index contributed by atoms with van der Waals surface area (Å²) in [6.45, 7) is 0.420. The van der Waals surface area contributed by atoms with Gasteiger partial charge in [0, 0.05) is 25.5 Å². The molecule has 1 aromatic rings. The van der Waals surface area contributed by atoms with Crippen molar-refractivity contribution >= 4 is 5.78 Å². The molecule has 1 heterocycles. The van der Waals surface area contributed by atoms with Gasteiger partial charge >= 0.3 is 0 Å². The van der Waals surface area contributed by atoms with Gasteiger partial charge in [-0.2, -0.15) is 0 Å². The molecule has 1 aromatic heterocycles. The molecule has 1 aliphatic carbocycles. The molecule has 2 atom stereocenters. The second kappa shape index (κ2) is 4.16. The molecule has 4 heteroatoms. The van der Waals surface area contributed by atoms with Crippen molar-refractivity contribution < 1.29 is 13.9 Å². The summed E-state index contributed by atoms with van der Waals surface area (Å²) in [5.74, 6) is 0.755. The van der Waals surface area contributed by atoms with Gasteiger partial charge in [-0.3, -0.25) is 4.79 Å². The largest absolute Gasteiger partial charge is 0.469 e. The molecule has 0 aliphatic heterocycles. The molecule has 0 bridgehead atoms. The van der Waals surface area contributed by atoms with E-state index in [0.29, 0.717) is 12.2 Å². The van der Waals surface area contributed by atoms with Crippen molar-refractivity contribution in [1.82, 2.24) is 0 Å². The average molecular weight is 209 g/mol. The molecule has 0 saturated carbocycles. The predicted molar refractivity (Wildman–Crippen MR) is 54.7 cm³/mol. The molecule has 2 rings (SSSR count). The van der Waals surface area contributed by atoms with Gasteiger partial charge in [0.1, 0.15) is 5.76 Å². The fraction of sp³-hybridized carbons (Fsp3) is 0.545. The summed E-state index contributed by atoms with van der Waals surface area (Å²) in [6.07, 6.45) is 3.10. The first-order valence-corrected chi connectivity index (χ1v) is 5.09. The fourth-order valence-corrected chi connectivity index (χ4v) is 2.09. The van der Waals surface area contributed by atoms with Crippen LogP contribution in [0.1, 0.15) is 22.5 Å². The Kier molecular flexibility index (Phi) is 2.88. The lowest BCUT2D eigenvalue weighted by molar-refractivity contribution is 0.0819. The number of fused-ring (bicyclic) bond motifs is 1. The van der Waals surface area contributed by atoms with Crippen molar-refractivity contribution in [1.29, 1.82) is 0 Å². The highest BCUT2D eigenvalue weighted by Crippen LogP contribution is 2.27. The third-order valence-electron chi connectivity index (χ3n) is 2.91. The smallest absolute Gasteiger partial charge is 0.171 e. The van der Waals surface area contributed by atoms with Crippen LogP contribution in [0.4, 0.5) is 0 Å². The van der Waals surface area contributed by atoms with E-state index in [1.807, 2.05) is 0 Å². The number of Topliss-reactive ketones (excluding diaryl/α,β-unsaturated/α-hetero) is 1. The molecule has 0 saturated heterocycles. The van der Waals surface area contributed by atoms with Crippen LogP contribution in [-0.2, 0) is 11.2 Å². The van der Waals surface area contributed by atoms with Gasteiger partial charge in [-0.15, -0.1) is 0 Å². The van der Waals surface area contributed by atoms with Gasteiger partial charge in [-0.05, 0) is 12.5 Å². The number of rotatable bonds is 3. The standard InChI is InChI=1S/C11H15NO3/c1-14-6-9(12)7-2-3-10-8(11(7)13)4-5-15-10/h4-5,7,9H,2-3,6,12H2,1H3. The summed E-state index contributed by atoms with van der Waals surface area (Å²) in [5, 5.41) is 0. The highest BCUT2D eigenvalue weighted by atomic mass is 16.5. The number of hydrogen-bond acceptors (Lipinski definition) is 4. The zero-order valence-electron chi connectivity index (χ0n) is 8.73. The van der Waals surface area contributed by atoms with E-state index in [1.165, 1.54) is 0 Å². The highest BCUT2D eigenvalue weighted by molar-refractivity contribution is 6.00. The zero-order valence-corrected chi connectivity index (χ0v) is 8.73. The Morgan fingerprint density at radius 2 is 2.53 bits per heavy atom. The Bertz CT molecular complexity index is 358. The molecular formula is C11H15NO3. The molecule has 1 aliphatic rings. The number of ketones is 1. The van der Waals surface area contributed by atoms with Crippen LogP contribution in [0.25, 0.3) is 0 Å². The van der Waals surface area contributed by atoms with Crippen molar-refractivity contribution in [2.75, 3.05) is 13.7 Å². The maximum absolute atomic E-state index is 12.0. The van der Waals surface area contributed by atoms with E-state index < -0.39 is 0 Å². The second-order valence-corrected chi connectivity index (χ2v) is 3.89. The van der Waals surface area contributed by atoms with E-state index in [0.717, 1.165) is 18.6 Å². The van der Waals surface area contributed by atoms with Gasteiger partial charge in [-0.1, -0.05) is 0 Å². The Hall–Kier alpha value is -1.13. The summed E-state index contributed by atoms with van der Waals surface area (Å²) in [5.41, 5.74) is 6.59. The van der Waals surface area contributed by atoms with Gasteiger partial charge < -0.3 is 14.9 Å². The molecule has 0 fully saturated rings. The lowest BCUT2D eigenvalue weighted by Gasteiger charge is -2.25. The number of carbonyl (C=O) groups excluding carboxylic acids is 1. The van der Waals surface area contributed by atoms with Crippen LogP contribution in [0, 0.1) is 5.92 Å². The second-order valence-electron chi connectivity index (χ2n) is 3.89. The van der Waals surface area contributed by atoms with Crippen LogP contribution < -0.4 is 5.73 Å². The van der Waals surface area contributed by atoms with E-state index in [-0.39, 0.29) is 17.7 Å². The molecule has 0 aromatic carbocycles. The summed E-state index contributed by atoms with van der Waals surface area (Å²) in [4.78, 5) is 12.0. The first kappa shape index (κ1) is 10.4. The van der Waals surface area contributed by atoms with Crippen molar-refractivity contribution in [3.05, 3.63) is 23.7 Å². The molecule has 82 valence electrons. The predicted octanol–water partition coefficient (Wildman–Crippen LogP) is 0.998. The van der Waals surface area contributed by atoms with E-state index in [9.17, 15) is 4.79 Å². The maximum Gasteiger partial charge on any atom is 0.171 e. The molecule has 0 spiro atoms. The first-order chi connectivity index (χ1) is 7.24. The van der Waals surface area contributed by atoms with Gasteiger partial charge in [0.2, 0.25) is 0 Å². The van der Waals surface area contributed by atoms with Crippen LogP contribution in [0.15, 0.2) is 16.7 Å². The number of hydrogen-bond donors (Lipinski definition) is 1. The van der Waals surface area contributed by atoms with Crippen molar-refractivity contribution in [3.8, 4) is 0 Å². The van der Waals surface area contributed by atoms with E-state index in [1.54, 1.807) is 19.4 Å². The first-order valence-electron chi connectivity index (χ1n) is 5.09. The molecule has 0 radical (unpaired) electrons. The fourth-order valence-electron chi connectivity index (χ4n) is 2.09. The Labute approximate surface area is 88.4 Å². The highest BCUT2D eigenvalue weighted by Gasteiger charge is 2.33. The minimum absolute atomic E-state index is 0.0922. The van der Waals surface area contributed by atoms with Crippen molar-refractivity contribution in [3.63, 3.8) is 0 Å². The Morgan fingerprint density at radius 1 is 1.73 bits per heavy atom. The molecule has 15 heavy (non-hydrogen) atoms. The lowest BCUT2D eigenvalue weighted by Crippen LogP contribution is -2.41. The van der Waals surface area contributed by atoms with E-state index >= 15 is 0 Å². The number of carbonyl (C=O) groups is 1. The van der Waals surface area contributed by atoms with Gasteiger partial charge in [0.05, 0.1) is 18.4 Å². The Balaban J connectivity index is 2.16. The maximum atomic E-state index is 12.0. The number of furan rings is 1. The van der Waals surface area contributed by atoms with Crippen molar-refractivity contribution in [2.45, 2.75) is 18.9 Å². The summed E-state index contributed by atoms with van der Waals surface area (Å²) < 4.78 is 10.2. The molecule has 0 amide bonds. The molecule has 2 N–H and O–H groups in total. The molecule has 2 unspecified atom stereocenters. The van der Waals surface area contributed by atoms with Crippen LogP contribution >= 0.6 is 0 Å². The lowest BCUT2D eigenvalue weighted by atomic mass is 9.82. The van der Waals surface area contributed by atoms with Gasteiger partial charge in [0.25, 0.3) is 0 Å². The van der Waals surface area contributed by atoms with E-state index in [2.05, 4.69) is 0 Å². The van der Waals surface area contributed by atoms with Crippen LogP contribution in [-0.4, -0.2) is 25.5 Å². The molecular weight excluding hydrogens is 194 g/mol. The van der Waals surface area contributed by atoms with Crippen LogP contribution in [0.3, 0.4) is 0 Å². The quantitative estimate of drug-likeness (QED) is 0.806. The van der Waals surface area contributed by atoms with Crippen LogP contribution in [0.5, 0.6) is 0 Å². The number of nitrogens with two attached hydrogens (primary N) is 1. The SMILES string of the molecule is COCC(N)C1CCc2occc2C1=O. The average Bonchev–Trinajstić information content (AvgIpc) is 2.67. The third-order valence-corrected chi connectivity index (χ3v) is 2.91. The monoisotopic (exact) mass is 209 g/mol. The third kappa shape index (κ3) is 1.82.